The van der Waals surface area contributed by atoms with Gasteiger partial charge in [0.05, 0.1) is 49.2 Å². The molecule has 0 aromatic heterocycles. The molecule has 1 aromatic rings. The van der Waals surface area contributed by atoms with Crippen LogP contribution in [0.25, 0.3) is 5.03 Å². The Morgan fingerprint density at radius 2 is 1.53 bits per heavy atom. The zero-order valence-electron chi connectivity index (χ0n) is 18.0. The van der Waals surface area contributed by atoms with Crippen LogP contribution in [0.1, 0.15) is 57.9 Å². The van der Waals surface area contributed by atoms with Gasteiger partial charge in [-0.25, -0.2) is 8.42 Å². The van der Waals surface area contributed by atoms with Crippen molar-refractivity contribution in [1.82, 2.24) is 4.31 Å². The fraction of sp³-hybridized carbons (Fsp3) is 0.636. The molecule has 1 saturated heterocycles. The topological polar surface area (TPSA) is 37.4 Å². The van der Waals surface area contributed by atoms with Crippen LogP contribution in [0.4, 0.5) is 0 Å². The van der Waals surface area contributed by atoms with Crippen LogP contribution < -0.4 is 0 Å². The van der Waals surface area contributed by atoms with E-state index in [9.17, 15) is 8.42 Å². The van der Waals surface area contributed by atoms with Crippen molar-refractivity contribution in [3.63, 3.8) is 0 Å². The lowest BCUT2D eigenvalue weighted by Gasteiger charge is -2.44. The van der Waals surface area contributed by atoms with Gasteiger partial charge in [0.2, 0.25) is 10.0 Å². The first-order valence-corrected chi connectivity index (χ1v) is 13.5. The van der Waals surface area contributed by atoms with Gasteiger partial charge in [-0.3, -0.25) is 0 Å². The zero-order chi connectivity index (χ0) is 22.2. The molecule has 0 aliphatic carbocycles. The molecule has 0 N–H and O–H groups in total. The molecule has 0 bridgehead atoms. The molecule has 0 amide bonds. The minimum atomic E-state index is -3.59. The van der Waals surface area contributed by atoms with Crippen molar-refractivity contribution in [2.24, 2.45) is 0 Å². The molecule has 1 aliphatic rings. The Morgan fingerprint density at radius 3 is 2.03 bits per heavy atom. The third kappa shape index (κ3) is 6.85. The van der Waals surface area contributed by atoms with Crippen molar-refractivity contribution in [1.29, 1.82) is 0 Å². The Balaban J connectivity index is 2.14. The summed E-state index contributed by atoms with van der Waals surface area (Å²) in [5.41, 5.74) is 0.499. The van der Waals surface area contributed by atoms with Crippen LogP contribution in [0, 0.1) is 0 Å². The van der Waals surface area contributed by atoms with E-state index in [-0.39, 0.29) is 14.4 Å². The van der Waals surface area contributed by atoms with Gasteiger partial charge in [0, 0.05) is 0 Å². The maximum Gasteiger partial charge on any atom is 0.243 e. The van der Waals surface area contributed by atoms with Gasteiger partial charge in [0.1, 0.15) is 4.49 Å². The van der Waals surface area contributed by atoms with Crippen molar-refractivity contribution < 1.29 is 12.9 Å². The Kier molecular flexibility index (Phi) is 10.4. The predicted octanol–water partition coefficient (Wildman–Crippen LogP) is 6.23. The Hall–Kier alpha value is -0.300. The van der Waals surface area contributed by atoms with Gasteiger partial charge in [-0.2, -0.15) is 4.31 Å². The van der Waals surface area contributed by atoms with Crippen LogP contribution >= 0.6 is 34.8 Å². The highest BCUT2D eigenvalue weighted by Crippen LogP contribution is 2.30. The molecular formula is C22H34Cl3N2O2S+. The van der Waals surface area contributed by atoms with E-state index >= 15 is 0 Å². The Bertz CT molecular complexity index is 803. The minimum Gasteiger partial charge on any atom is -0.321 e. The monoisotopic (exact) mass is 495 g/mol. The predicted molar refractivity (Wildman–Crippen MR) is 128 cm³/mol. The summed E-state index contributed by atoms with van der Waals surface area (Å²) in [4.78, 5) is 0.227. The largest absolute Gasteiger partial charge is 0.321 e. The Labute approximate surface area is 197 Å². The molecule has 2 rings (SSSR count). The molecule has 1 aromatic carbocycles. The lowest BCUT2D eigenvalue weighted by atomic mass is 10.1. The smallest absolute Gasteiger partial charge is 0.243 e. The quantitative estimate of drug-likeness (QED) is 0.269. The molecule has 0 atom stereocenters. The van der Waals surface area contributed by atoms with Crippen molar-refractivity contribution in [3.05, 3.63) is 34.3 Å². The summed E-state index contributed by atoms with van der Waals surface area (Å²) in [6, 6.07) is 6.51. The number of sulfonamides is 1. The summed E-state index contributed by atoms with van der Waals surface area (Å²) in [7, 11) is -3.59. The first kappa shape index (κ1) is 26.0. The van der Waals surface area contributed by atoms with Gasteiger partial charge >= 0.3 is 0 Å². The number of hydrogen-bond acceptors (Lipinski definition) is 2. The molecule has 1 fully saturated rings. The van der Waals surface area contributed by atoms with E-state index in [1.807, 2.05) is 0 Å². The van der Waals surface area contributed by atoms with Crippen molar-refractivity contribution in [3.8, 4) is 0 Å². The van der Waals surface area contributed by atoms with Gasteiger partial charge in [0.15, 0.2) is 0 Å². The van der Waals surface area contributed by atoms with Gasteiger partial charge in [-0.1, -0.05) is 73.6 Å². The summed E-state index contributed by atoms with van der Waals surface area (Å²) >= 11 is 17.6. The molecule has 8 heteroatoms. The fourth-order valence-corrected chi connectivity index (χ4v) is 5.92. The standard InChI is InChI=1S/C22H34Cl3N2O2S/c1-3-5-7-14-27(15-8-6-4-2)16-12-26(13-17-27)30(28,29)20-11-9-10-19(18-20)21(23)22(24)25/h9-11,18H,3-8,12-17H2,1-2H3/q+1. The second-order valence-electron chi connectivity index (χ2n) is 8.16. The molecule has 4 nitrogen and oxygen atoms in total. The van der Waals surface area contributed by atoms with Crippen molar-refractivity contribution in [2.45, 2.75) is 57.3 Å². The molecule has 170 valence electrons. The highest BCUT2D eigenvalue weighted by Gasteiger charge is 2.37. The van der Waals surface area contributed by atoms with E-state index < -0.39 is 10.0 Å². The number of piperazine rings is 1. The van der Waals surface area contributed by atoms with Gasteiger partial charge in [0.25, 0.3) is 0 Å². The number of nitrogens with zero attached hydrogens (tertiary/aromatic N) is 2. The number of unbranched alkanes of at least 4 members (excludes halogenated alkanes) is 4. The van der Waals surface area contributed by atoms with Crippen LogP contribution in [0.2, 0.25) is 0 Å². The summed E-state index contributed by atoms with van der Waals surface area (Å²) in [6.07, 6.45) is 7.30. The third-order valence-corrected chi connectivity index (χ3v) is 8.88. The molecule has 0 unspecified atom stereocenters. The molecule has 0 spiro atoms. The highest BCUT2D eigenvalue weighted by atomic mass is 35.5. The molecule has 30 heavy (non-hydrogen) atoms. The van der Waals surface area contributed by atoms with Gasteiger partial charge < -0.3 is 4.48 Å². The highest BCUT2D eigenvalue weighted by molar-refractivity contribution is 7.89. The van der Waals surface area contributed by atoms with E-state index in [2.05, 4.69) is 13.8 Å². The normalized spacial score (nSPS) is 17.1. The van der Waals surface area contributed by atoms with Gasteiger partial charge in [-0.05, 0) is 43.4 Å². The van der Waals surface area contributed by atoms with E-state index in [1.165, 1.54) is 38.5 Å². The summed E-state index contributed by atoms with van der Waals surface area (Å²) in [5.74, 6) is 0. The third-order valence-electron chi connectivity index (χ3n) is 6.01. The number of quaternary nitrogens is 1. The number of rotatable bonds is 11. The van der Waals surface area contributed by atoms with E-state index in [1.54, 1.807) is 28.6 Å². The number of benzene rings is 1. The first-order valence-electron chi connectivity index (χ1n) is 10.9. The van der Waals surface area contributed by atoms with E-state index in [0.717, 1.165) is 30.7 Å². The molecule has 0 saturated carbocycles. The average molecular weight is 497 g/mol. The first-order chi connectivity index (χ1) is 14.3. The van der Waals surface area contributed by atoms with Crippen LogP contribution in [0.5, 0.6) is 0 Å². The fourth-order valence-electron chi connectivity index (χ4n) is 4.12. The molecule has 1 heterocycles. The SMILES string of the molecule is CCCCC[N+]1(CCCCC)CCN(S(=O)(=O)c2cccc(C(Cl)=C(Cl)Cl)c2)CC1. The second kappa shape index (κ2) is 12.1. The molecular weight excluding hydrogens is 463 g/mol. The zero-order valence-corrected chi connectivity index (χ0v) is 21.1. The maximum atomic E-state index is 13.3. The summed E-state index contributed by atoms with van der Waals surface area (Å²) < 4.78 is 29.1. The lowest BCUT2D eigenvalue weighted by Crippen LogP contribution is -2.61. The average Bonchev–Trinajstić information content (AvgIpc) is 2.74. The Morgan fingerprint density at radius 1 is 0.967 bits per heavy atom. The lowest BCUT2D eigenvalue weighted by molar-refractivity contribution is -0.931. The van der Waals surface area contributed by atoms with E-state index in [4.69, 9.17) is 34.8 Å². The summed E-state index contributed by atoms with van der Waals surface area (Å²) in [5, 5.41) is 0.150. The molecule has 0 radical (unpaired) electrons. The minimum absolute atomic E-state index is 0.0783. The van der Waals surface area contributed by atoms with Crippen LogP contribution in [0.3, 0.4) is 0 Å². The van der Waals surface area contributed by atoms with Gasteiger partial charge in [-0.15, -0.1) is 0 Å². The number of halogens is 3. The van der Waals surface area contributed by atoms with Crippen LogP contribution in [0.15, 0.2) is 33.7 Å². The molecule has 1 aliphatic heterocycles. The summed E-state index contributed by atoms with van der Waals surface area (Å²) in [6.45, 7) is 9.58. The second-order valence-corrected chi connectivity index (χ2v) is 11.4. The maximum absolute atomic E-state index is 13.3. The van der Waals surface area contributed by atoms with Crippen LogP contribution in [-0.4, -0.2) is 56.5 Å². The van der Waals surface area contributed by atoms with Crippen LogP contribution in [-0.2, 0) is 10.0 Å². The van der Waals surface area contributed by atoms with Crippen molar-refractivity contribution >= 4 is 49.9 Å². The van der Waals surface area contributed by atoms with Crippen molar-refractivity contribution in [2.75, 3.05) is 39.3 Å². The number of hydrogen-bond donors (Lipinski definition) is 0. The van der Waals surface area contributed by atoms with E-state index in [0.29, 0.717) is 18.7 Å².